The standard InChI is InChI=1S/C24H32FN5O3/c1-2-18(19-8-9-21(25)22(11-19)33-16-17-6-7-17)13-30-20(12-26-28-30)5-3-4-10-29-14-23(31)27-24(32)15-29/h8-9,11-12,17-18H,2-7,10,13-16H2,1H3,(H,27,31,32). The van der Waals surface area contributed by atoms with Gasteiger partial charge in [0, 0.05) is 12.5 Å². The molecular weight excluding hydrogens is 425 g/mol. The number of carbonyl (C=O) groups excluding carboxylic acids is 2. The summed E-state index contributed by atoms with van der Waals surface area (Å²) >= 11 is 0. The van der Waals surface area contributed by atoms with Crippen molar-refractivity contribution in [2.24, 2.45) is 5.92 Å². The first kappa shape index (κ1) is 23.4. The summed E-state index contributed by atoms with van der Waals surface area (Å²) in [7, 11) is 0. The van der Waals surface area contributed by atoms with Gasteiger partial charge < -0.3 is 4.74 Å². The molecular formula is C24H32FN5O3. The molecule has 2 aromatic rings. The van der Waals surface area contributed by atoms with Crippen LogP contribution in [0, 0.1) is 11.7 Å². The molecule has 1 saturated carbocycles. The molecule has 1 aliphatic carbocycles. The van der Waals surface area contributed by atoms with Crippen LogP contribution in [-0.2, 0) is 22.6 Å². The van der Waals surface area contributed by atoms with E-state index in [1.807, 2.05) is 21.7 Å². The Bertz CT molecular complexity index is 959. The second kappa shape index (κ2) is 10.9. The van der Waals surface area contributed by atoms with Crippen molar-refractivity contribution in [3.05, 3.63) is 41.5 Å². The maximum atomic E-state index is 14.2. The normalized spacial score (nSPS) is 17.8. The van der Waals surface area contributed by atoms with Crippen LogP contribution in [0.3, 0.4) is 0 Å². The van der Waals surface area contributed by atoms with E-state index in [0.29, 0.717) is 31.4 Å². The van der Waals surface area contributed by atoms with E-state index in [4.69, 9.17) is 4.74 Å². The smallest absolute Gasteiger partial charge is 0.240 e. The van der Waals surface area contributed by atoms with Crippen molar-refractivity contribution in [2.45, 2.75) is 57.9 Å². The van der Waals surface area contributed by atoms with Gasteiger partial charge in [-0.25, -0.2) is 9.07 Å². The average molecular weight is 458 g/mol. The van der Waals surface area contributed by atoms with Crippen molar-refractivity contribution in [1.82, 2.24) is 25.2 Å². The van der Waals surface area contributed by atoms with Crippen molar-refractivity contribution in [1.29, 1.82) is 0 Å². The Morgan fingerprint density at radius 3 is 2.73 bits per heavy atom. The summed E-state index contributed by atoms with van der Waals surface area (Å²) in [4.78, 5) is 24.8. The summed E-state index contributed by atoms with van der Waals surface area (Å²) in [6.45, 7) is 4.62. The summed E-state index contributed by atoms with van der Waals surface area (Å²) in [5.41, 5.74) is 2.09. The number of piperazine rings is 1. The van der Waals surface area contributed by atoms with Gasteiger partial charge in [0.05, 0.1) is 31.6 Å². The summed E-state index contributed by atoms with van der Waals surface area (Å²) in [5.74, 6) is 0.291. The number of amides is 2. The summed E-state index contributed by atoms with van der Waals surface area (Å²) in [6.07, 6.45) is 7.61. The first-order chi connectivity index (χ1) is 16.0. The Morgan fingerprint density at radius 2 is 2.00 bits per heavy atom. The van der Waals surface area contributed by atoms with Crippen LogP contribution in [0.15, 0.2) is 24.4 Å². The van der Waals surface area contributed by atoms with Crippen molar-refractivity contribution in [3.8, 4) is 5.75 Å². The third-order valence-corrected chi connectivity index (χ3v) is 6.35. The first-order valence-corrected chi connectivity index (χ1v) is 11.9. The Morgan fingerprint density at radius 1 is 1.21 bits per heavy atom. The van der Waals surface area contributed by atoms with Gasteiger partial charge in [0.15, 0.2) is 11.6 Å². The number of ether oxygens (including phenoxy) is 1. The number of nitrogens with one attached hydrogen (secondary N) is 1. The lowest BCUT2D eigenvalue weighted by Crippen LogP contribution is -2.51. The number of unbranched alkanes of at least 4 members (excludes halogenated alkanes) is 1. The highest BCUT2D eigenvalue weighted by Gasteiger charge is 2.23. The van der Waals surface area contributed by atoms with Gasteiger partial charge in [0.1, 0.15) is 0 Å². The van der Waals surface area contributed by atoms with Crippen molar-refractivity contribution in [2.75, 3.05) is 26.2 Å². The van der Waals surface area contributed by atoms with Crippen LogP contribution in [0.5, 0.6) is 5.75 Å². The molecule has 0 radical (unpaired) electrons. The second-order valence-corrected chi connectivity index (χ2v) is 9.10. The van der Waals surface area contributed by atoms with Gasteiger partial charge in [0.25, 0.3) is 0 Å². The van der Waals surface area contributed by atoms with E-state index in [9.17, 15) is 14.0 Å². The third kappa shape index (κ3) is 6.60. The lowest BCUT2D eigenvalue weighted by Gasteiger charge is -2.25. The molecule has 1 N–H and O–H groups in total. The third-order valence-electron chi connectivity index (χ3n) is 6.35. The zero-order chi connectivity index (χ0) is 23.2. The fourth-order valence-electron chi connectivity index (χ4n) is 4.18. The molecule has 1 unspecified atom stereocenters. The number of hydrogen-bond donors (Lipinski definition) is 1. The molecule has 1 atom stereocenters. The number of imide groups is 1. The van der Waals surface area contributed by atoms with E-state index in [-0.39, 0.29) is 36.6 Å². The molecule has 8 nitrogen and oxygen atoms in total. The first-order valence-electron chi connectivity index (χ1n) is 11.9. The number of rotatable bonds is 12. The van der Waals surface area contributed by atoms with Gasteiger partial charge in [-0.05, 0) is 68.7 Å². The lowest BCUT2D eigenvalue weighted by molar-refractivity contribution is -0.136. The molecule has 1 aromatic heterocycles. The molecule has 33 heavy (non-hydrogen) atoms. The molecule has 2 fully saturated rings. The van der Waals surface area contributed by atoms with Crippen LogP contribution in [-0.4, -0.2) is 57.9 Å². The van der Waals surface area contributed by atoms with Gasteiger partial charge in [0.2, 0.25) is 11.8 Å². The van der Waals surface area contributed by atoms with E-state index in [2.05, 4.69) is 22.6 Å². The lowest BCUT2D eigenvalue weighted by atomic mass is 9.96. The number of benzene rings is 1. The number of aromatic nitrogens is 3. The Balaban J connectivity index is 1.30. The molecule has 4 rings (SSSR count). The summed E-state index contributed by atoms with van der Waals surface area (Å²) in [5, 5.41) is 10.7. The summed E-state index contributed by atoms with van der Waals surface area (Å²) in [6, 6.07) is 5.16. The van der Waals surface area contributed by atoms with Crippen LogP contribution < -0.4 is 10.1 Å². The fraction of sp³-hybridized carbons (Fsp3) is 0.583. The number of aryl methyl sites for hydroxylation is 1. The highest BCUT2D eigenvalue weighted by Crippen LogP contribution is 2.32. The zero-order valence-electron chi connectivity index (χ0n) is 19.1. The van der Waals surface area contributed by atoms with Crippen LogP contribution in [0.4, 0.5) is 4.39 Å². The highest BCUT2D eigenvalue weighted by atomic mass is 19.1. The highest BCUT2D eigenvalue weighted by molar-refractivity contribution is 5.99. The number of carbonyl (C=O) groups is 2. The van der Waals surface area contributed by atoms with Gasteiger partial charge in [-0.1, -0.05) is 18.2 Å². The Labute approximate surface area is 193 Å². The predicted molar refractivity (Wildman–Crippen MR) is 120 cm³/mol. The molecule has 178 valence electrons. The van der Waals surface area contributed by atoms with Gasteiger partial charge in [-0.3, -0.25) is 19.8 Å². The van der Waals surface area contributed by atoms with E-state index >= 15 is 0 Å². The van der Waals surface area contributed by atoms with E-state index in [1.165, 1.54) is 18.9 Å². The second-order valence-electron chi connectivity index (χ2n) is 9.10. The zero-order valence-corrected chi connectivity index (χ0v) is 19.1. The number of hydrogen-bond acceptors (Lipinski definition) is 6. The maximum absolute atomic E-state index is 14.2. The molecule has 2 heterocycles. The van der Waals surface area contributed by atoms with Crippen molar-refractivity contribution >= 4 is 11.8 Å². The van der Waals surface area contributed by atoms with E-state index < -0.39 is 0 Å². The minimum absolute atomic E-state index is 0.173. The molecule has 0 bridgehead atoms. The average Bonchev–Trinajstić information content (AvgIpc) is 3.51. The number of halogens is 1. The molecule has 2 aliphatic rings. The molecule has 1 aliphatic heterocycles. The predicted octanol–water partition coefficient (Wildman–Crippen LogP) is 2.68. The quantitative estimate of drug-likeness (QED) is 0.389. The fourth-order valence-corrected chi connectivity index (χ4v) is 4.18. The Hall–Kier alpha value is -2.81. The minimum Gasteiger partial charge on any atom is -0.490 e. The Kier molecular flexibility index (Phi) is 7.69. The molecule has 0 spiro atoms. The number of nitrogens with zero attached hydrogens (tertiary/aromatic N) is 4. The van der Waals surface area contributed by atoms with Gasteiger partial charge in [-0.15, -0.1) is 5.10 Å². The monoisotopic (exact) mass is 457 g/mol. The van der Waals surface area contributed by atoms with Gasteiger partial charge >= 0.3 is 0 Å². The van der Waals surface area contributed by atoms with Crippen molar-refractivity contribution < 1.29 is 18.7 Å². The minimum atomic E-state index is -0.316. The van der Waals surface area contributed by atoms with E-state index in [0.717, 1.165) is 36.9 Å². The summed E-state index contributed by atoms with van der Waals surface area (Å²) < 4.78 is 21.9. The molecule has 1 saturated heterocycles. The topological polar surface area (TPSA) is 89.4 Å². The van der Waals surface area contributed by atoms with Crippen molar-refractivity contribution in [3.63, 3.8) is 0 Å². The van der Waals surface area contributed by atoms with Crippen LogP contribution >= 0.6 is 0 Å². The molecule has 2 amide bonds. The maximum Gasteiger partial charge on any atom is 0.240 e. The molecule has 1 aromatic carbocycles. The van der Waals surface area contributed by atoms with Gasteiger partial charge in [-0.2, -0.15) is 0 Å². The van der Waals surface area contributed by atoms with E-state index in [1.54, 1.807) is 6.20 Å². The van der Waals surface area contributed by atoms with Crippen LogP contribution in [0.1, 0.15) is 56.2 Å². The van der Waals surface area contributed by atoms with Crippen LogP contribution in [0.25, 0.3) is 0 Å². The molecule has 9 heteroatoms. The largest absolute Gasteiger partial charge is 0.490 e. The van der Waals surface area contributed by atoms with Crippen LogP contribution in [0.2, 0.25) is 0 Å². The SMILES string of the molecule is CCC(Cn1nncc1CCCCN1CC(=O)NC(=O)C1)c1ccc(F)c(OCC2CC2)c1.